The first-order valence-electron chi connectivity index (χ1n) is 8.62. The molecule has 5 nitrogen and oxygen atoms in total. The summed E-state index contributed by atoms with van der Waals surface area (Å²) in [4.78, 5) is 0. The van der Waals surface area contributed by atoms with E-state index in [2.05, 4.69) is 52.7 Å². The predicted octanol–water partition coefficient (Wildman–Crippen LogP) is 1.20. The molecule has 0 saturated heterocycles. The zero-order valence-corrected chi connectivity index (χ0v) is 19.9. The second-order valence-corrected chi connectivity index (χ2v) is 10.2. The Kier molecular flexibility index (Phi) is 7.36. The molecule has 0 saturated carbocycles. The van der Waals surface area contributed by atoms with Crippen LogP contribution in [0.25, 0.3) is 21.7 Å². The molecule has 2 aromatic carbocycles. The molecule has 0 spiro atoms. The number of thioether (sulfide) groups is 1. The van der Waals surface area contributed by atoms with Crippen molar-refractivity contribution in [1.82, 2.24) is 10.2 Å². The Labute approximate surface area is 195 Å². The van der Waals surface area contributed by atoms with Gasteiger partial charge in [0, 0.05) is 17.1 Å². The van der Waals surface area contributed by atoms with Crippen LogP contribution in [0, 0.1) is 0 Å². The molecule has 0 radical (unpaired) electrons. The molecule has 1 heterocycles. The van der Waals surface area contributed by atoms with Crippen LogP contribution in [-0.4, -0.2) is 34.7 Å². The van der Waals surface area contributed by atoms with Crippen LogP contribution in [0.1, 0.15) is 24.0 Å². The molecule has 0 aliphatic heterocycles. The second-order valence-electron chi connectivity index (χ2n) is 6.36. The van der Waals surface area contributed by atoms with Crippen LogP contribution in [0.4, 0.5) is 0 Å². The third kappa shape index (κ3) is 5.05. The van der Waals surface area contributed by atoms with Crippen LogP contribution in [-0.2, 0) is 16.5 Å². The van der Waals surface area contributed by atoms with Crippen molar-refractivity contribution in [3.05, 3.63) is 53.6 Å². The first-order valence-corrected chi connectivity index (χ1v) is 12.0. The molecule has 3 aromatic rings. The maximum absolute atomic E-state index is 10.6. The summed E-state index contributed by atoms with van der Waals surface area (Å²) in [7, 11) is -4.11. The molecule has 4 rings (SSSR count). The average Bonchev–Trinajstić information content (AvgIpc) is 3.24. The molecule has 0 bridgehead atoms. The fourth-order valence-corrected chi connectivity index (χ4v) is 5.81. The minimum Gasteiger partial charge on any atom is -0.748 e. The summed E-state index contributed by atoms with van der Waals surface area (Å²) in [5, 5.41) is 9.54. The zero-order chi connectivity index (χ0) is 18.9. The normalized spacial score (nSPS) is 12.3. The third-order valence-electron chi connectivity index (χ3n) is 4.50. The Balaban J connectivity index is 0.00000225. The Hall–Kier alpha value is -0.740. The Morgan fingerprint density at radius 2 is 1.75 bits per heavy atom. The van der Waals surface area contributed by atoms with E-state index in [1.807, 2.05) is 0 Å². The largest absolute Gasteiger partial charge is 1.00 e. The van der Waals surface area contributed by atoms with E-state index in [1.165, 1.54) is 22.3 Å². The molecule has 1 aliphatic rings. The standard InChI is InChI=1S/C19H18N2O3S3.Na/c22-27(23,24)11-4-3-10-25-19-21-20-18(26-19)16-9-5-8-15-14-7-2-1-6-13(14)12-17(15)16;/h1-2,5-9H,3-4,10-12H2,(H,22,23,24);/q;+1/p-1. The van der Waals surface area contributed by atoms with Crippen molar-refractivity contribution in [2.45, 2.75) is 23.6 Å². The maximum Gasteiger partial charge on any atom is 1.00 e. The third-order valence-corrected chi connectivity index (χ3v) is 7.47. The van der Waals surface area contributed by atoms with Crippen molar-refractivity contribution in [1.29, 1.82) is 0 Å². The van der Waals surface area contributed by atoms with Gasteiger partial charge in [-0.15, -0.1) is 10.2 Å². The van der Waals surface area contributed by atoms with Gasteiger partial charge in [-0.05, 0) is 41.5 Å². The summed E-state index contributed by atoms with van der Waals surface area (Å²) < 4.78 is 32.7. The summed E-state index contributed by atoms with van der Waals surface area (Å²) in [6, 6.07) is 14.8. The Bertz CT molecular complexity index is 1080. The molecular formula is C19H17N2NaO3S3. The number of unbranched alkanes of at least 4 members (excludes halogenated alkanes) is 1. The fourth-order valence-electron chi connectivity index (χ4n) is 3.27. The van der Waals surface area contributed by atoms with E-state index in [0.717, 1.165) is 27.1 Å². The van der Waals surface area contributed by atoms with E-state index < -0.39 is 10.1 Å². The molecule has 0 unspecified atom stereocenters. The number of hydrogen-bond acceptors (Lipinski definition) is 7. The molecular weight excluding hydrogens is 423 g/mol. The molecule has 0 atom stereocenters. The van der Waals surface area contributed by atoms with Crippen molar-refractivity contribution < 1.29 is 42.5 Å². The van der Waals surface area contributed by atoms with Crippen molar-refractivity contribution in [3.8, 4) is 21.7 Å². The topological polar surface area (TPSA) is 83.0 Å². The summed E-state index contributed by atoms with van der Waals surface area (Å²) in [6.45, 7) is 0. The van der Waals surface area contributed by atoms with E-state index in [-0.39, 0.29) is 35.3 Å². The van der Waals surface area contributed by atoms with Gasteiger partial charge in [0.05, 0.1) is 10.1 Å². The van der Waals surface area contributed by atoms with Gasteiger partial charge in [-0.2, -0.15) is 0 Å². The van der Waals surface area contributed by atoms with Crippen LogP contribution >= 0.6 is 23.1 Å². The number of nitrogens with zero attached hydrogens (tertiary/aromatic N) is 2. The summed E-state index contributed by atoms with van der Waals surface area (Å²) in [5.41, 5.74) is 6.33. The summed E-state index contributed by atoms with van der Waals surface area (Å²) in [5.74, 6) is 0.425. The van der Waals surface area contributed by atoms with Crippen molar-refractivity contribution in [3.63, 3.8) is 0 Å². The van der Waals surface area contributed by atoms with Gasteiger partial charge in [0.15, 0.2) is 4.34 Å². The Morgan fingerprint density at radius 3 is 2.57 bits per heavy atom. The van der Waals surface area contributed by atoms with Gasteiger partial charge in [-0.1, -0.05) is 65.6 Å². The predicted molar refractivity (Wildman–Crippen MR) is 108 cm³/mol. The van der Waals surface area contributed by atoms with Gasteiger partial charge < -0.3 is 4.55 Å². The molecule has 28 heavy (non-hydrogen) atoms. The first kappa shape index (κ1) is 22.0. The van der Waals surface area contributed by atoms with E-state index in [9.17, 15) is 13.0 Å². The van der Waals surface area contributed by atoms with E-state index in [1.54, 1.807) is 23.1 Å². The average molecular weight is 441 g/mol. The molecule has 1 aromatic heterocycles. The molecule has 0 N–H and O–H groups in total. The summed E-state index contributed by atoms with van der Waals surface area (Å²) >= 11 is 3.11. The molecule has 0 fully saturated rings. The smallest absolute Gasteiger partial charge is 0.748 e. The van der Waals surface area contributed by atoms with Gasteiger partial charge in [-0.3, -0.25) is 0 Å². The molecule has 0 amide bonds. The first-order chi connectivity index (χ1) is 13.0. The number of aromatic nitrogens is 2. The number of rotatable bonds is 7. The van der Waals surface area contributed by atoms with Crippen LogP contribution in [0.3, 0.4) is 0 Å². The minimum atomic E-state index is -4.11. The minimum absolute atomic E-state index is 0. The van der Waals surface area contributed by atoms with E-state index in [4.69, 9.17) is 0 Å². The van der Waals surface area contributed by atoms with Crippen molar-refractivity contribution in [2.75, 3.05) is 11.5 Å². The van der Waals surface area contributed by atoms with E-state index >= 15 is 0 Å². The molecule has 1 aliphatic carbocycles. The van der Waals surface area contributed by atoms with E-state index in [0.29, 0.717) is 12.8 Å². The van der Waals surface area contributed by atoms with Crippen LogP contribution in [0.15, 0.2) is 46.8 Å². The number of hydrogen-bond donors (Lipinski definition) is 0. The van der Waals surface area contributed by atoms with Crippen LogP contribution in [0.2, 0.25) is 0 Å². The van der Waals surface area contributed by atoms with Gasteiger partial charge >= 0.3 is 29.6 Å². The SMILES string of the molecule is O=S(=O)([O-])CCCCSc1nnc(-c2cccc3c2Cc2ccccc2-3)s1.[Na+]. The van der Waals surface area contributed by atoms with Gasteiger partial charge in [-0.25, -0.2) is 8.42 Å². The monoisotopic (exact) mass is 440 g/mol. The van der Waals surface area contributed by atoms with Crippen molar-refractivity contribution >= 4 is 33.2 Å². The second kappa shape index (κ2) is 9.38. The quantitative estimate of drug-likeness (QED) is 0.186. The number of fused-ring (bicyclic) bond motifs is 3. The Morgan fingerprint density at radius 1 is 1.00 bits per heavy atom. The van der Waals surface area contributed by atoms with Crippen LogP contribution in [0.5, 0.6) is 0 Å². The zero-order valence-electron chi connectivity index (χ0n) is 15.4. The molecule has 140 valence electrons. The molecule has 9 heteroatoms. The van der Waals surface area contributed by atoms with Gasteiger partial charge in [0.2, 0.25) is 0 Å². The maximum atomic E-state index is 10.6. The van der Waals surface area contributed by atoms with Crippen molar-refractivity contribution in [2.24, 2.45) is 0 Å². The number of benzene rings is 2. The fraction of sp³-hybridized carbons (Fsp3) is 0.263. The van der Waals surface area contributed by atoms with Gasteiger partial charge in [0.25, 0.3) is 0 Å². The summed E-state index contributed by atoms with van der Waals surface area (Å²) in [6.07, 6.45) is 1.96. The van der Waals surface area contributed by atoms with Crippen LogP contribution < -0.4 is 29.6 Å². The van der Waals surface area contributed by atoms with Gasteiger partial charge in [0.1, 0.15) is 5.01 Å².